The number of benzene rings is 1. The quantitative estimate of drug-likeness (QED) is 0.679. The normalized spacial score (nSPS) is 12.4. The fourth-order valence-electron chi connectivity index (χ4n) is 2.02. The van der Waals surface area contributed by atoms with E-state index >= 15 is 0 Å². The van der Waals surface area contributed by atoms with Gasteiger partial charge in [0.15, 0.2) is 17.6 Å². The van der Waals surface area contributed by atoms with Gasteiger partial charge >= 0.3 is 6.01 Å². The minimum atomic E-state index is -3.08. The highest BCUT2D eigenvalue weighted by molar-refractivity contribution is 5.82. The molecule has 0 radical (unpaired) electrons. The number of ether oxygens (including phenoxy) is 2. The second-order valence-corrected chi connectivity index (χ2v) is 4.96. The average molecular weight is 353 g/mol. The molecule has 0 saturated carbocycles. The number of hydrogen-bond donors (Lipinski definition) is 2. The van der Waals surface area contributed by atoms with Crippen LogP contribution in [0.3, 0.4) is 0 Å². The van der Waals surface area contributed by atoms with E-state index in [0.29, 0.717) is 22.7 Å². The molecule has 2 heterocycles. The second-order valence-electron chi connectivity index (χ2n) is 4.96. The number of H-pyrrole nitrogens is 1. The summed E-state index contributed by atoms with van der Waals surface area (Å²) in [7, 11) is 1.54. The van der Waals surface area contributed by atoms with Gasteiger partial charge in [-0.05, 0) is 24.3 Å². The molecule has 3 aromatic rings. The van der Waals surface area contributed by atoms with E-state index in [-0.39, 0.29) is 11.8 Å². The summed E-state index contributed by atoms with van der Waals surface area (Å²) in [5.41, 5.74) is 0.622. The molecule has 132 valence electrons. The SMILES string of the molecule is COc1ccc(Oc2nc(NCC(F)C(F)F)c3nc[nH]c3n2)cc1. The first-order valence-electron chi connectivity index (χ1n) is 7.26. The van der Waals surface area contributed by atoms with Crippen molar-refractivity contribution in [2.24, 2.45) is 0 Å². The average Bonchev–Trinajstić information content (AvgIpc) is 3.08. The van der Waals surface area contributed by atoms with Crippen molar-refractivity contribution >= 4 is 17.0 Å². The van der Waals surface area contributed by atoms with Gasteiger partial charge in [-0.25, -0.2) is 18.2 Å². The van der Waals surface area contributed by atoms with Crippen molar-refractivity contribution in [1.29, 1.82) is 0 Å². The molecule has 7 nitrogen and oxygen atoms in total. The Kier molecular flexibility index (Phi) is 4.87. The lowest BCUT2D eigenvalue weighted by molar-refractivity contribution is 0.0571. The smallest absolute Gasteiger partial charge is 0.326 e. The van der Waals surface area contributed by atoms with E-state index in [1.54, 1.807) is 31.4 Å². The van der Waals surface area contributed by atoms with Crippen LogP contribution in [-0.4, -0.2) is 46.2 Å². The topological polar surface area (TPSA) is 85.0 Å². The number of methoxy groups -OCH3 is 1. The fraction of sp³-hybridized carbons (Fsp3) is 0.267. The van der Waals surface area contributed by atoms with Crippen LogP contribution in [0.4, 0.5) is 19.0 Å². The predicted molar refractivity (Wildman–Crippen MR) is 84.1 cm³/mol. The molecule has 2 aromatic heterocycles. The number of imidazole rings is 1. The first kappa shape index (κ1) is 16.8. The molecule has 0 aliphatic heterocycles. The largest absolute Gasteiger partial charge is 0.497 e. The van der Waals surface area contributed by atoms with Gasteiger partial charge in [0.25, 0.3) is 6.43 Å². The van der Waals surface area contributed by atoms with Gasteiger partial charge < -0.3 is 19.8 Å². The zero-order valence-electron chi connectivity index (χ0n) is 13.0. The lowest BCUT2D eigenvalue weighted by Crippen LogP contribution is -2.23. The molecule has 0 saturated heterocycles. The standard InChI is InChI=1S/C15H14F3N5O2/c1-24-8-2-4-9(5-3-8)25-15-22-13(19-6-10(16)12(17)18)11-14(23-15)21-7-20-11/h2-5,7,10,12H,6H2,1H3,(H2,19,20,21,22,23). The Morgan fingerprint density at radius 1 is 1.12 bits per heavy atom. The van der Waals surface area contributed by atoms with E-state index in [9.17, 15) is 13.2 Å². The van der Waals surface area contributed by atoms with Gasteiger partial charge in [-0.2, -0.15) is 9.97 Å². The molecule has 0 spiro atoms. The van der Waals surface area contributed by atoms with E-state index in [2.05, 4.69) is 25.3 Å². The summed E-state index contributed by atoms with van der Waals surface area (Å²) in [4.78, 5) is 15.0. The third-order valence-electron chi connectivity index (χ3n) is 3.26. The molecule has 0 fully saturated rings. The highest BCUT2D eigenvalue weighted by Gasteiger charge is 2.20. The van der Waals surface area contributed by atoms with Gasteiger partial charge in [0.05, 0.1) is 20.0 Å². The first-order valence-corrected chi connectivity index (χ1v) is 7.26. The molecule has 0 bridgehead atoms. The number of halogens is 3. The van der Waals surface area contributed by atoms with Gasteiger partial charge in [-0.15, -0.1) is 0 Å². The van der Waals surface area contributed by atoms with Gasteiger partial charge in [0, 0.05) is 0 Å². The van der Waals surface area contributed by atoms with Gasteiger partial charge in [0.1, 0.15) is 17.0 Å². The third-order valence-corrected chi connectivity index (χ3v) is 3.26. The Hall–Kier alpha value is -3.04. The zero-order chi connectivity index (χ0) is 17.8. The van der Waals surface area contributed by atoms with Crippen molar-refractivity contribution < 1.29 is 22.6 Å². The third kappa shape index (κ3) is 3.90. The number of hydrogen-bond acceptors (Lipinski definition) is 6. The Balaban J connectivity index is 1.83. The number of rotatable bonds is 7. The number of fused-ring (bicyclic) bond motifs is 1. The number of nitrogens with zero attached hydrogens (tertiary/aromatic N) is 3. The van der Waals surface area contributed by atoms with Crippen LogP contribution >= 0.6 is 0 Å². The minimum absolute atomic E-state index is 0.0446. The van der Waals surface area contributed by atoms with Crippen LogP contribution < -0.4 is 14.8 Å². The maximum atomic E-state index is 13.1. The molecule has 0 amide bonds. The van der Waals surface area contributed by atoms with E-state index < -0.39 is 19.1 Å². The van der Waals surface area contributed by atoms with E-state index in [4.69, 9.17) is 9.47 Å². The van der Waals surface area contributed by atoms with E-state index in [1.165, 1.54) is 6.33 Å². The highest BCUT2D eigenvalue weighted by Crippen LogP contribution is 2.25. The minimum Gasteiger partial charge on any atom is -0.497 e. The van der Waals surface area contributed by atoms with Gasteiger partial charge in [-0.1, -0.05) is 0 Å². The van der Waals surface area contributed by atoms with Gasteiger partial charge in [-0.3, -0.25) is 0 Å². The number of anilines is 1. The summed E-state index contributed by atoms with van der Waals surface area (Å²) < 4.78 is 48.3. The summed E-state index contributed by atoms with van der Waals surface area (Å²) in [5, 5.41) is 2.51. The molecule has 1 unspecified atom stereocenters. The molecule has 3 rings (SSSR count). The first-order chi connectivity index (χ1) is 12.1. The number of nitrogens with one attached hydrogen (secondary N) is 2. The Bertz CT molecular complexity index is 841. The molecule has 10 heteroatoms. The van der Waals surface area contributed by atoms with Crippen LogP contribution in [0, 0.1) is 0 Å². The van der Waals surface area contributed by atoms with Crippen molar-refractivity contribution in [3.8, 4) is 17.5 Å². The van der Waals surface area contributed by atoms with Crippen molar-refractivity contribution in [2.75, 3.05) is 19.0 Å². The number of aromatic amines is 1. The summed E-state index contributed by atoms with van der Waals surface area (Å²) in [6, 6.07) is 6.65. The van der Waals surface area contributed by atoms with Crippen LogP contribution in [0.15, 0.2) is 30.6 Å². The summed E-state index contributed by atoms with van der Waals surface area (Å²) in [5.74, 6) is 1.19. The predicted octanol–water partition coefficient (Wildman–Crippen LogP) is 3.17. The Morgan fingerprint density at radius 3 is 2.52 bits per heavy atom. The molecule has 25 heavy (non-hydrogen) atoms. The lowest BCUT2D eigenvalue weighted by atomic mass is 10.3. The van der Waals surface area contributed by atoms with Crippen LogP contribution in [0.25, 0.3) is 11.2 Å². The Labute approximate surface area is 140 Å². The van der Waals surface area contributed by atoms with Crippen LogP contribution in [0.5, 0.6) is 17.5 Å². The fourth-order valence-corrected chi connectivity index (χ4v) is 2.02. The highest BCUT2D eigenvalue weighted by atomic mass is 19.3. The maximum absolute atomic E-state index is 13.1. The van der Waals surface area contributed by atoms with E-state index in [0.717, 1.165) is 0 Å². The summed E-state index contributed by atoms with van der Waals surface area (Å²) in [6.45, 7) is -0.612. The summed E-state index contributed by atoms with van der Waals surface area (Å²) in [6.07, 6.45) is -4.05. The monoisotopic (exact) mass is 353 g/mol. The van der Waals surface area contributed by atoms with Crippen molar-refractivity contribution in [2.45, 2.75) is 12.6 Å². The van der Waals surface area contributed by atoms with Gasteiger partial charge in [0.2, 0.25) is 0 Å². The van der Waals surface area contributed by atoms with Crippen LogP contribution in [0.1, 0.15) is 0 Å². The zero-order valence-corrected chi connectivity index (χ0v) is 13.0. The molecular weight excluding hydrogens is 339 g/mol. The van der Waals surface area contributed by atoms with Crippen LogP contribution in [0.2, 0.25) is 0 Å². The molecular formula is C15H14F3N5O2. The number of aromatic nitrogens is 4. The Morgan fingerprint density at radius 2 is 1.84 bits per heavy atom. The summed E-state index contributed by atoms with van der Waals surface area (Å²) >= 11 is 0. The maximum Gasteiger partial charge on any atom is 0.326 e. The lowest BCUT2D eigenvalue weighted by Gasteiger charge is -2.11. The number of alkyl halides is 3. The molecule has 2 N–H and O–H groups in total. The molecule has 0 aliphatic rings. The molecule has 1 atom stereocenters. The molecule has 0 aliphatic carbocycles. The van der Waals surface area contributed by atoms with Crippen molar-refractivity contribution in [3.63, 3.8) is 0 Å². The van der Waals surface area contributed by atoms with Crippen molar-refractivity contribution in [1.82, 2.24) is 19.9 Å². The van der Waals surface area contributed by atoms with E-state index in [1.807, 2.05) is 0 Å². The second kappa shape index (κ2) is 7.24. The van der Waals surface area contributed by atoms with Crippen LogP contribution in [-0.2, 0) is 0 Å². The molecule has 1 aromatic carbocycles. The van der Waals surface area contributed by atoms with Crippen molar-refractivity contribution in [3.05, 3.63) is 30.6 Å².